The van der Waals surface area contributed by atoms with E-state index in [0.29, 0.717) is 6.73 Å². The number of rotatable bonds is 5. The number of ether oxygens (including phenoxy) is 1. The van der Waals surface area contributed by atoms with Crippen molar-refractivity contribution in [3.05, 3.63) is 0 Å². The van der Waals surface area contributed by atoms with Crippen LogP contribution in [0.2, 0.25) is 0 Å². The highest BCUT2D eigenvalue weighted by Crippen LogP contribution is 2.00. The van der Waals surface area contributed by atoms with Crippen LogP contribution in [0.3, 0.4) is 0 Å². The summed E-state index contributed by atoms with van der Waals surface area (Å²) in [6, 6.07) is -0.171. The zero-order chi connectivity index (χ0) is 9.56. The predicted octanol–water partition coefficient (Wildman–Crippen LogP) is -0.0495. The summed E-state index contributed by atoms with van der Waals surface area (Å²) in [6.45, 7) is 4.38. The first kappa shape index (κ1) is 11.4. The van der Waals surface area contributed by atoms with Gasteiger partial charge in [-0.05, 0) is 5.92 Å². The van der Waals surface area contributed by atoms with Crippen molar-refractivity contribution in [2.75, 3.05) is 20.9 Å². The molecule has 0 fully saturated rings. The molecule has 0 heterocycles. The highest BCUT2D eigenvalue weighted by molar-refractivity contribution is 5.81. The molecule has 0 saturated carbocycles. The maximum atomic E-state index is 11.2. The molecule has 0 bridgehead atoms. The zero-order valence-corrected chi connectivity index (χ0v) is 8.18. The Morgan fingerprint density at radius 3 is 2.42 bits per heavy atom. The van der Waals surface area contributed by atoms with Crippen molar-refractivity contribution in [2.45, 2.75) is 19.9 Å². The molecule has 0 rings (SSSR count). The third-order valence-electron chi connectivity index (χ3n) is 1.64. The molecule has 0 saturated heterocycles. The topological polar surface area (TPSA) is 50.4 Å². The van der Waals surface area contributed by atoms with Gasteiger partial charge in [-0.1, -0.05) is 13.8 Å². The van der Waals surface area contributed by atoms with Crippen LogP contribution in [0.4, 0.5) is 0 Å². The molecular weight excluding hydrogens is 156 g/mol. The van der Waals surface area contributed by atoms with Gasteiger partial charge in [0.05, 0.1) is 12.8 Å². The molecule has 0 aromatic rings. The van der Waals surface area contributed by atoms with Gasteiger partial charge in [0.1, 0.15) is 0 Å². The minimum Gasteiger partial charge on any atom is -0.370 e. The van der Waals surface area contributed by atoms with Crippen molar-refractivity contribution in [1.29, 1.82) is 0 Å². The van der Waals surface area contributed by atoms with Gasteiger partial charge in [0, 0.05) is 14.2 Å². The molecule has 1 atom stereocenters. The minimum atomic E-state index is -0.171. The highest BCUT2D eigenvalue weighted by Gasteiger charge is 2.19. The average Bonchev–Trinajstić information content (AvgIpc) is 2.04. The molecule has 4 heteroatoms. The van der Waals surface area contributed by atoms with E-state index in [1.165, 1.54) is 0 Å². The average molecular weight is 174 g/mol. The SMILES string of the molecule is CNC(=O)[C@@H](NCOC)C(C)C. The number of amides is 1. The van der Waals surface area contributed by atoms with Gasteiger partial charge in [-0.2, -0.15) is 0 Å². The lowest BCUT2D eigenvalue weighted by Gasteiger charge is -2.19. The lowest BCUT2D eigenvalue weighted by molar-refractivity contribution is -0.124. The van der Waals surface area contributed by atoms with Gasteiger partial charge >= 0.3 is 0 Å². The van der Waals surface area contributed by atoms with Crippen LogP contribution in [0.5, 0.6) is 0 Å². The maximum absolute atomic E-state index is 11.2. The molecule has 0 aliphatic heterocycles. The summed E-state index contributed by atoms with van der Waals surface area (Å²) in [7, 11) is 3.22. The number of hydrogen-bond acceptors (Lipinski definition) is 3. The lowest BCUT2D eigenvalue weighted by atomic mass is 10.0. The number of carbonyl (C=O) groups is 1. The summed E-state index contributed by atoms with van der Waals surface area (Å²) < 4.78 is 4.83. The second-order valence-corrected chi connectivity index (χ2v) is 2.97. The largest absolute Gasteiger partial charge is 0.370 e. The maximum Gasteiger partial charge on any atom is 0.237 e. The van der Waals surface area contributed by atoms with Crippen molar-refractivity contribution in [2.24, 2.45) is 5.92 Å². The molecule has 0 radical (unpaired) electrons. The van der Waals surface area contributed by atoms with Crippen molar-refractivity contribution >= 4 is 5.91 Å². The quantitative estimate of drug-likeness (QED) is 0.575. The fourth-order valence-electron chi connectivity index (χ4n) is 0.960. The van der Waals surface area contributed by atoms with Gasteiger partial charge in [-0.3, -0.25) is 10.1 Å². The van der Waals surface area contributed by atoms with Crippen LogP contribution in [0.25, 0.3) is 0 Å². The Balaban J connectivity index is 3.95. The second-order valence-electron chi connectivity index (χ2n) is 2.97. The molecule has 0 spiro atoms. The summed E-state index contributed by atoms with van der Waals surface area (Å²) in [5.41, 5.74) is 0. The monoisotopic (exact) mass is 174 g/mol. The van der Waals surface area contributed by atoms with Gasteiger partial charge in [-0.15, -0.1) is 0 Å². The predicted molar refractivity (Wildman–Crippen MR) is 47.7 cm³/mol. The van der Waals surface area contributed by atoms with Crippen LogP contribution in [-0.2, 0) is 9.53 Å². The normalized spacial score (nSPS) is 13.1. The molecule has 2 N–H and O–H groups in total. The van der Waals surface area contributed by atoms with E-state index in [1.54, 1.807) is 14.2 Å². The second kappa shape index (κ2) is 5.97. The molecule has 1 amide bonds. The Bertz CT molecular complexity index is 137. The Morgan fingerprint density at radius 1 is 1.50 bits per heavy atom. The van der Waals surface area contributed by atoms with Crippen molar-refractivity contribution in [1.82, 2.24) is 10.6 Å². The van der Waals surface area contributed by atoms with Crippen molar-refractivity contribution < 1.29 is 9.53 Å². The third-order valence-corrected chi connectivity index (χ3v) is 1.64. The summed E-state index contributed by atoms with van der Waals surface area (Å²) in [5.74, 6) is 0.266. The van der Waals surface area contributed by atoms with E-state index in [-0.39, 0.29) is 17.9 Å². The van der Waals surface area contributed by atoms with Gasteiger partial charge in [0.25, 0.3) is 0 Å². The first-order valence-corrected chi connectivity index (χ1v) is 4.07. The minimum absolute atomic E-state index is 0.00190. The smallest absolute Gasteiger partial charge is 0.237 e. The van der Waals surface area contributed by atoms with E-state index in [0.717, 1.165) is 0 Å². The van der Waals surface area contributed by atoms with Crippen molar-refractivity contribution in [3.63, 3.8) is 0 Å². The number of carbonyl (C=O) groups excluding carboxylic acids is 1. The van der Waals surface area contributed by atoms with E-state index >= 15 is 0 Å². The van der Waals surface area contributed by atoms with Crippen LogP contribution >= 0.6 is 0 Å². The summed E-state index contributed by atoms with van der Waals surface area (Å²) in [6.07, 6.45) is 0. The Labute approximate surface area is 73.7 Å². The summed E-state index contributed by atoms with van der Waals surface area (Å²) >= 11 is 0. The Morgan fingerprint density at radius 2 is 2.08 bits per heavy atom. The van der Waals surface area contributed by atoms with E-state index in [9.17, 15) is 4.79 Å². The standard InChI is InChI=1S/C8H18N2O2/c1-6(2)7(8(11)9-3)10-5-12-4/h6-7,10H,5H2,1-4H3,(H,9,11)/t7-/m0/s1. The van der Waals surface area contributed by atoms with Crippen molar-refractivity contribution in [3.8, 4) is 0 Å². The number of nitrogens with one attached hydrogen (secondary N) is 2. The molecule has 0 aromatic heterocycles. The molecule has 4 nitrogen and oxygen atoms in total. The van der Waals surface area contributed by atoms with Crippen LogP contribution in [0.15, 0.2) is 0 Å². The fourth-order valence-corrected chi connectivity index (χ4v) is 0.960. The first-order valence-electron chi connectivity index (χ1n) is 4.07. The number of likely N-dealkylation sites (N-methyl/N-ethyl adjacent to an activating group) is 1. The molecule has 72 valence electrons. The third kappa shape index (κ3) is 3.69. The van der Waals surface area contributed by atoms with Crippen LogP contribution in [0.1, 0.15) is 13.8 Å². The van der Waals surface area contributed by atoms with Crippen LogP contribution in [-0.4, -0.2) is 32.8 Å². The Hall–Kier alpha value is -0.610. The molecule has 0 aromatic carbocycles. The Kier molecular flexibility index (Phi) is 5.66. The summed E-state index contributed by atoms with van der Waals surface area (Å²) in [4.78, 5) is 11.2. The molecule has 0 aliphatic carbocycles. The molecular formula is C8H18N2O2. The van der Waals surface area contributed by atoms with Crippen LogP contribution in [0, 0.1) is 5.92 Å². The summed E-state index contributed by atoms with van der Waals surface area (Å²) in [5, 5.41) is 5.58. The van der Waals surface area contributed by atoms with E-state index < -0.39 is 0 Å². The van der Waals surface area contributed by atoms with Gasteiger partial charge in [0.2, 0.25) is 5.91 Å². The van der Waals surface area contributed by atoms with E-state index in [1.807, 2.05) is 13.8 Å². The lowest BCUT2D eigenvalue weighted by Crippen LogP contribution is -2.46. The number of methoxy groups -OCH3 is 1. The van der Waals surface area contributed by atoms with Crippen LogP contribution < -0.4 is 10.6 Å². The molecule has 0 unspecified atom stereocenters. The van der Waals surface area contributed by atoms with Gasteiger partial charge in [0.15, 0.2) is 0 Å². The van der Waals surface area contributed by atoms with E-state index in [2.05, 4.69) is 10.6 Å². The number of hydrogen-bond donors (Lipinski definition) is 2. The van der Waals surface area contributed by atoms with E-state index in [4.69, 9.17) is 4.74 Å². The van der Waals surface area contributed by atoms with Gasteiger partial charge in [-0.25, -0.2) is 0 Å². The highest BCUT2D eigenvalue weighted by atomic mass is 16.5. The molecule has 0 aliphatic rings. The first-order chi connectivity index (χ1) is 5.63. The fraction of sp³-hybridized carbons (Fsp3) is 0.875. The van der Waals surface area contributed by atoms with Gasteiger partial charge < -0.3 is 10.1 Å². The zero-order valence-electron chi connectivity index (χ0n) is 8.18. The molecule has 12 heavy (non-hydrogen) atoms.